The summed E-state index contributed by atoms with van der Waals surface area (Å²) < 4.78 is 22.5. The summed E-state index contributed by atoms with van der Waals surface area (Å²) in [6.45, 7) is 1.73. The Kier molecular flexibility index (Phi) is 3.47. The number of hydrogen-bond donors (Lipinski definition) is 1. The lowest BCUT2D eigenvalue weighted by molar-refractivity contribution is -0.115. The molecule has 1 N–H and O–H groups in total. The second-order valence-electron chi connectivity index (χ2n) is 3.20. The van der Waals surface area contributed by atoms with Crippen molar-refractivity contribution in [2.24, 2.45) is 0 Å². The Morgan fingerprint density at radius 1 is 1.40 bits per heavy atom. The molecule has 0 aliphatic carbocycles. The Morgan fingerprint density at radius 2 is 2.07 bits per heavy atom. The minimum absolute atomic E-state index is 0.138. The van der Waals surface area contributed by atoms with Crippen molar-refractivity contribution in [1.82, 2.24) is 0 Å². The van der Waals surface area contributed by atoms with Gasteiger partial charge in [0.05, 0.1) is 4.90 Å². The van der Waals surface area contributed by atoms with E-state index in [-0.39, 0.29) is 10.8 Å². The van der Waals surface area contributed by atoms with Crippen LogP contribution in [-0.4, -0.2) is 20.6 Å². The standard InChI is InChI=1S/C10H13NO3S/c1-3-10(12)11-8-5-4-6-9(7-8)15(2,13)14/h4-7H,3H2,1-2H3,(H,11,12). The van der Waals surface area contributed by atoms with Crippen molar-refractivity contribution >= 4 is 21.4 Å². The number of sulfone groups is 1. The Labute approximate surface area is 89.2 Å². The quantitative estimate of drug-likeness (QED) is 0.849. The summed E-state index contributed by atoms with van der Waals surface area (Å²) in [7, 11) is -3.22. The minimum Gasteiger partial charge on any atom is -0.326 e. The molecule has 5 heteroatoms. The predicted molar refractivity (Wildman–Crippen MR) is 58.5 cm³/mol. The molecule has 0 aromatic heterocycles. The maximum absolute atomic E-state index is 11.2. The highest BCUT2D eigenvalue weighted by molar-refractivity contribution is 7.90. The number of hydrogen-bond acceptors (Lipinski definition) is 3. The van der Waals surface area contributed by atoms with Crippen molar-refractivity contribution in [3.8, 4) is 0 Å². The average molecular weight is 227 g/mol. The van der Waals surface area contributed by atoms with Gasteiger partial charge in [-0.15, -0.1) is 0 Å². The van der Waals surface area contributed by atoms with Gasteiger partial charge in [0.15, 0.2) is 9.84 Å². The molecule has 0 saturated heterocycles. The monoisotopic (exact) mass is 227 g/mol. The molecule has 15 heavy (non-hydrogen) atoms. The number of anilines is 1. The van der Waals surface area contributed by atoms with Crippen LogP contribution in [0.15, 0.2) is 29.2 Å². The molecule has 0 aliphatic heterocycles. The fourth-order valence-corrected chi connectivity index (χ4v) is 1.72. The van der Waals surface area contributed by atoms with Gasteiger partial charge in [-0.1, -0.05) is 13.0 Å². The van der Waals surface area contributed by atoms with Crippen molar-refractivity contribution in [2.45, 2.75) is 18.2 Å². The fraction of sp³-hybridized carbons (Fsp3) is 0.300. The van der Waals surface area contributed by atoms with E-state index in [1.165, 1.54) is 12.1 Å². The van der Waals surface area contributed by atoms with E-state index in [1.54, 1.807) is 19.1 Å². The number of rotatable bonds is 3. The molecule has 0 unspecified atom stereocenters. The molecule has 1 amide bonds. The van der Waals surface area contributed by atoms with Gasteiger partial charge in [-0.2, -0.15) is 0 Å². The van der Waals surface area contributed by atoms with Crippen LogP contribution in [-0.2, 0) is 14.6 Å². The SMILES string of the molecule is CCC(=O)Nc1cccc(S(C)(=O)=O)c1. The van der Waals surface area contributed by atoms with Crippen LogP contribution in [0.2, 0.25) is 0 Å². The molecule has 0 bridgehead atoms. The number of amides is 1. The molecule has 0 fully saturated rings. The van der Waals surface area contributed by atoms with E-state index in [9.17, 15) is 13.2 Å². The molecule has 0 radical (unpaired) electrons. The lowest BCUT2D eigenvalue weighted by Crippen LogP contribution is -2.09. The summed E-state index contributed by atoms with van der Waals surface area (Å²) >= 11 is 0. The van der Waals surface area contributed by atoms with Gasteiger partial charge < -0.3 is 5.32 Å². The third-order valence-corrected chi connectivity index (χ3v) is 2.98. The van der Waals surface area contributed by atoms with Crippen LogP contribution in [0.4, 0.5) is 5.69 Å². The first kappa shape index (κ1) is 11.7. The second kappa shape index (κ2) is 4.44. The highest BCUT2D eigenvalue weighted by Gasteiger charge is 2.07. The predicted octanol–water partition coefficient (Wildman–Crippen LogP) is 1.44. The van der Waals surface area contributed by atoms with Gasteiger partial charge in [0.1, 0.15) is 0 Å². The van der Waals surface area contributed by atoms with Gasteiger partial charge in [-0.3, -0.25) is 4.79 Å². The summed E-state index contributed by atoms with van der Waals surface area (Å²) in [6.07, 6.45) is 1.50. The summed E-state index contributed by atoms with van der Waals surface area (Å²) in [5, 5.41) is 2.60. The number of benzene rings is 1. The van der Waals surface area contributed by atoms with Crippen LogP contribution < -0.4 is 5.32 Å². The van der Waals surface area contributed by atoms with E-state index in [0.29, 0.717) is 12.1 Å². The Morgan fingerprint density at radius 3 is 2.60 bits per heavy atom. The molecule has 0 spiro atoms. The highest BCUT2D eigenvalue weighted by atomic mass is 32.2. The van der Waals surface area contributed by atoms with Crippen LogP contribution in [0.25, 0.3) is 0 Å². The highest BCUT2D eigenvalue weighted by Crippen LogP contribution is 2.15. The summed E-state index contributed by atoms with van der Waals surface area (Å²) in [5.41, 5.74) is 0.504. The molecule has 0 aliphatic rings. The zero-order chi connectivity index (χ0) is 11.5. The number of nitrogens with one attached hydrogen (secondary N) is 1. The van der Waals surface area contributed by atoms with Crippen LogP contribution in [0, 0.1) is 0 Å². The van der Waals surface area contributed by atoms with E-state index < -0.39 is 9.84 Å². The van der Waals surface area contributed by atoms with Crippen LogP contribution in [0.5, 0.6) is 0 Å². The van der Waals surface area contributed by atoms with Gasteiger partial charge in [-0.05, 0) is 18.2 Å². The van der Waals surface area contributed by atoms with E-state index in [1.807, 2.05) is 0 Å². The first-order valence-electron chi connectivity index (χ1n) is 4.53. The molecule has 82 valence electrons. The third-order valence-electron chi connectivity index (χ3n) is 1.87. The number of carbonyl (C=O) groups is 1. The van der Waals surface area contributed by atoms with Gasteiger partial charge in [0.25, 0.3) is 0 Å². The van der Waals surface area contributed by atoms with E-state index in [2.05, 4.69) is 5.32 Å². The lowest BCUT2D eigenvalue weighted by atomic mass is 10.3. The van der Waals surface area contributed by atoms with Crippen LogP contribution in [0.3, 0.4) is 0 Å². The van der Waals surface area contributed by atoms with Gasteiger partial charge in [0, 0.05) is 18.4 Å². The molecule has 1 aromatic carbocycles. The second-order valence-corrected chi connectivity index (χ2v) is 5.22. The number of carbonyl (C=O) groups excluding carboxylic acids is 1. The van der Waals surface area contributed by atoms with Crippen molar-refractivity contribution < 1.29 is 13.2 Å². The lowest BCUT2D eigenvalue weighted by Gasteiger charge is -2.04. The van der Waals surface area contributed by atoms with Crippen molar-refractivity contribution in [3.63, 3.8) is 0 Å². The van der Waals surface area contributed by atoms with Crippen LogP contribution >= 0.6 is 0 Å². The molecule has 1 aromatic rings. The maximum atomic E-state index is 11.2. The zero-order valence-corrected chi connectivity index (χ0v) is 9.47. The summed E-state index contributed by atoms with van der Waals surface area (Å²) in [4.78, 5) is 11.3. The molecular formula is C10H13NO3S. The first-order valence-corrected chi connectivity index (χ1v) is 6.42. The van der Waals surface area contributed by atoms with Crippen molar-refractivity contribution in [2.75, 3.05) is 11.6 Å². The van der Waals surface area contributed by atoms with E-state index in [0.717, 1.165) is 6.26 Å². The van der Waals surface area contributed by atoms with Gasteiger partial charge >= 0.3 is 0 Å². The smallest absolute Gasteiger partial charge is 0.224 e. The molecule has 4 nitrogen and oxygen atoms in total. The summed E-state index contributed by atoms with van der Waals surface area (Å²) in [6, 6.07) is 6.20. The molecule has 0 saturated carbocycles. The molecule has 1 rings (SSSR count). The van der Waals surface area contributed by atoms with E-state index >= 15 is 0 Å². The topological polar surface area (TPSA) is 63.2 Å². The molecule has 0 heterocycles. The third kappa shape index (κ3) is 3.36. The molecule has 0 atom stereocenters. The normalized spacial score (nSPS) is 11.1. The Balaban J connectivity index is 2.99. The van der Waals surface area contributed by atoms with Crippen LogP contribution in [0.1, 0.15) is 13.3 Å². The van der Waals surface area contributed by atoms with Gasteiger partial charge in [0.2, 0.25) is 5.91 Å². The average Bonchev–Trinajstić information content (AvgIpc) is 2.17. The largest absolute Gasteiger partial charge is 0.326 e. The van der Waals surface area contributed by atoms with E-state index in [4.69, 9.17) is 0 Å². The Hall–Kier alpha value is -1.36. The summed E-state index contributed by atoms with van der Waals surface area (Å²) in [5.74, 6) is -0.138. The molecular weight excluding hydrogens is 214 g/mol. The van der Waals surface area contributed by atoms with Crippen molar-refractivity contribution in [3.05, 3.63) is 24.3 Å². The zero-order valence-electron chi connectivity index (χ0n) is 8.65. The first-order chi connectivity index (χ1) is 6.93. The Bertz CT molecular complexity index is 465. The fourth-order valence-electron chi connectivity index (χ4n) is 1.05. The minimum atomic E-state index is -3.22. The maximum Gasteiger partial charge on any atom is 0.224 e. The van der Waals surface area contributed by atoms with Gasteiger partial charge in [-0.25, -0.2) is 8.42 Å². The van der Waals surface area contributed by atoms with Crippen molar-refractivity contribution in [1.29, 1.82) is 0 Å².